The minimum absolute atomic E-state index is 0.0852. The van der Waals surface area contributed by atoms with Crippen LogP contribution in [0.2, 0.25) is 0 Å². The van der Waals surface area contributed by atoms with Gasteiger partial charge in [-0.15, -0.1) is 11.3 Å². The number of benzene rings is 2. The number of alkyl carbamates (subject to hydrolysis) is 1. The van der Waals surface area contributed by atoms with Crippen LogP contribution in [0.25, 0.3) is 10.1 Å². The van der Waals surface area contributed by atoms with E-state index in [1.807, 2.05) is 73.8 Å². The van der Waals surface area contributed by atoms with Crippen molar-refractivity contribution in [2.24, 2.45) is 5.92 Å². The number of nitrogens with zero attached hydrogens (tertiary/aromatic N) is 1. The minimum Gasteiger partial charge on any atom is -0.444 e. The Kier molecular flexibility index (Phi) is 12.3. The van der Waals surface area contributed by atoms with E-state index in [4.69, 9.17) is 4.74 Å². The highest BCUT2D eigenvalue weighted by molar-refractivity contribution is 7.17. The first-order valence-corrected chi connectivity index (χ1v) is 16.0. The number of thiophene rings is 1. The second-order valence-electron chi connectivity index (χ2n) is 12.8. The Balaban J connectivity index is 1.74. The topological polar surface area (TPSA) is 117 Å². The average Bonchev–Trinajstić information content (AvgIpc) is 3.38. The van der Waals surface area contributed by atoms with Gasteiger partial charge in [0.15, 0.2) is 0 Å². The number of hydrogen-bond donors (Lipinski definition) is 3. The van der Waals surface area contributed by atoms with Crippen LogP contribution >= 0.6 is 11.3 Å². The van der Waals surface area contributed by atoms with Gasteiger partial charge in [-0.25, -0.2) is 4.79 Å². The Labute approximate surface area is 270 Å². The molecule has 1 heterocycles. The number of carbonyl (C=O) groups is 4. The van der Waals surface area contributed by atoms with Gasteiger partial charge in [-0.05, 0) is 81.5 Å². The SMILES string of the molecule is CNC(=O)C(Cc1ccccc1)N(C)C(=O)[C@@H](CNC(=O)C=CCC(C)(C)NC(=O)OC(C)(C)C)Cc1csc2ccccc12. The van der Waals surface area contributed by atoms with E-state index in [1.54, 1.807) is 52.3 Å². The maximum absolute atomic E-state index is 14.0. The summed E-state index contributed by atoms with van der Waals surface area (Å²) >= 11 is 1.61. The lowest BCUT2D eigenvalue weighted by Gasteiger charge is -2.30. The Morgan fingerprint density at radius 3 is 2.29 bits per heavy atom. The van der Waals surface area contributed by atoms with Gasteiger partial charge in [0.05, 0.1) is 5.92 Å². The third kappa shape index (κ3) is 11.0. The molecule has 2 atom stereocenters. The van der Waals surface area contributed by atoms with Gasteiger partial charge in [0.1, 0.15) is 11.6 Å². The van der Waals surface area contributed by atoms with E-state index < -0.39 is 29.2 Å². The van der Waals surface area contributed by atoms with E-state index in [-0.39, 0.29) is 24.3 Å². The maximum Gasteiger partial charge on any atom is 0.408 e. The molecule has 4 amide bonds. The first-order chi connectivity index (χ1) is 21.2. The van der Waals surface area contributed by atoms with Crippen molar-refractivity contribution >= 4 is 45.2 Å². The van der Waals surface area contributed by atoms with Crippen molar-refractivity contribution in [1.82, 2.24) is 20.9 Å². The summed E-state index contributed by atoms with van der Waals surface area (Å²) in [6, 6.07) is 16.9. The molecule has 10 heteroatoms. The maximum atomic E-state index is 14.0. The van der Waals surface area contributed by atoms with Crippen molar-refractivity contribution in [2.45, 2.75) is 71.1 Å². The Bertz CT molecular complexity index is 1490. The smallest absolute Gasteiger partial charge is 0.408 e. The van der Waals surface area contributed by atoms with Crippen LogP contribution in [-0.2, 0) is 32.0 Å². The minimum atomic E-state index is -0.720. The zero-order valence-electron chi connectivity index (χ0n) is 27.3. The molecule has 2 aromatic carbocycles. The fraction of sp³-hybridized carbons (Fsp3) is 0.429. The van der Waals surface area contributed by atoms with Gasteiger partial charge in [0, 0.05) is 37.3 Å². The summed E-state index contributed by atoms with van der Waals surface area (Å²) in [7, 11) is 3.20. The van der Waals surface area contributed by atoms with Crippen LogP contribution in [0.4, 0.5) is 4.79 Å². The van der Waals surface area contributed by atoms with Crippen molar-refractivity contribution in [1.29, 1.82) is 0 Å². The molecule has 9 nitrogen and oxygen atoms in total. The van der Waals surface area contributed by atoms with Crippen molar-refractivity contribution < 1.29 is 23.9 Å². The van der Waals surface area contributed by atoms with Gasteiger partial charge in [0.25, 0.3) is 0 Å². The molecule has 0 saturated carbocycles. The summed E-state index contributed by atoms with van der Waals surface area (Å²) < 4.78 is 6.45. The molecule has 3 aromatic rings. The zero-order valence-corrected chi connectivity index (χ0v) is 28.1. The molecule has 1 aromatic heterocycles. The molecule has 0 aliphatic rings. The van der Waals surface area contributed by atoms with Crippen molar-refractivity contribution in [3.05, 3.63) is 83.3 Å². The number of hydrogen-bond acceptors (Lipinski definition) is 6. The van der Waals surface area contributed by atoms with Crippen LogP contribution < -0.4 is 16.0 Å². The number of rotatable bonds is 13. The molecule has 3 rings (SSSR count). The van der Waals surface area contributed by atoms with E-state index in [2.05, 4.69) is 16.0 Å². The second kappa shape index (κ2) is 15.7. The molecule has 0 aliphatic carbocycles. The highest BCUT2D eigenvalue weighted by Gasteiger charge is 2.32. The number of likely N-dealkylation sites (N-methyl/N-ethyl adjacent to an activating group) is 2. The summed E-state index contributed by atoms with van der Waals surface area (Å²) in [5, 5.41) is 11.5. The third-order valence-electron chi connectivity index (χ3n) is 7.27. The number of fused-ring (bicyclic) bond motifs is 1. The summed E-state index contributed by atoms with van der Waals surface area (Å²) in [5.74, 6) is -1.46. The first kappa shape index (κ1) is 35.3. The lowest BCUT2D eigenvalue weighted by molar-refractivity contribution is -0.141. The van der Waals surface area contributed by atoms with Gasteiger partial charge < -0.3 is 25.6 Å². The average molecular weight is 635 g/mol. The predicted molar refractivity (Wildman–Crippen MR) is 180 cm³/mol. The van der Waals surface area contributed by atoms with E-state index >= 15 is 0 Å². The van der Waals surface area contributed by atoms with Crippen LogP contribution in [0.5, 0.6) is 0 Å². The highest BCUT2D eigenvalue weighted by Crippen LogP contribution is 2.28. The summed E-state index contributed by atoms with van der Waals surface area (Å²) in [4.78, 5) is 53.6. The second-order valence-corrected chi connectivity index (χ2v) is 13.7. The largest absolute Gasteiger partial charge is 0.444 e. The molecule has 0 bridgehead atoms. The van der Waals surface area contributed by atoms with Crippen LogP contribution in [0, 0.1) is 5.92 Å². The van der Waals surface area contributed by atoms with Crippen molar-refractivity contribution in [2.75, 3.05) is 20.6 Å². The quantitative estimate of drug-likeness (QED) is 0.223. The van der Waals surface area contributed by atoms with Crippen LogP contribution in [0.15, 0.2) is 72.1 Å². The van der Waals surface area contributed by atoms with Gasteiger partial charge in [-0.3, -0.25) is 14.4 Å². The first-order valence-electron chi connectivity index (χ1n) is 15.1. The lowest BCUT2D eigenvalue weighted by Crippen LogP contribution is -2.51. The highest BCUT2D eigenvalue weighted by atomic mass is 32.1. The fourth-order valence-electron chi connectivity index (χ4n) is 4.93. The molecule has 0 saturated heterocycles. The lowest BCUT2D eigenvalue weighted by atomic mass is 9.95. The van der Waals surface area contributed by atoms with Crippen LogP contribution in [0.3, 0.4) is 0 Å². The van der Waals surface area contributed by atoms with Gasteiger partial charge in [-0.1, -0.05) is 54.6 Å². The summed E-state index contributed by atoms with van der Waals surface area (Å²) in [6.45, 7) is 9.15. The molecule has 0 aliphatic heterocycles. The molecule has 0 spiro atoms. The van der Waals surface area contributed by atoms with E-state index in [9.17, 15) is 19.2 Å². The monoisotopic (exact) mass is 634 g/mol. The molecular formula is C35H46N4O5S. The summed E-state index contributed by atoms with van der Waals surface area (Å²) in [6.07, 6.45) is 3.71. The fourth-order valence-corrected chi connectivity index (χ4v) is 5.90. The Hall–Kier alpha value is -4.18. The van der Waals surface area contributed by atoms with Crippen LogP contribution in [0.1, 0.15) is 52.2 Å². The molecule has 0 radical (unpaired) electrons. The van der Waals surface area contributed by atoms with E-state index in [1.165, 1.54) is 11.0 Å². The van der Waals surface area contributed by atoms with Gasteiger partial charge >= 0.3 is 6.09 Å². The number of nitrogens with one attached hydrogen (secondary N) is 3. The molecule has 1 unspecified atom stereocenters. The molecule has 0 fully saturated rings. The van der Waals surface area contributed by atoms with Crippen molar-refractivity contribution in [3.8, 4) is 0 Å². The van der Waals surface area contributed by atoms with Crippen LogP contribution in [-0.4, -0.2) is 66.5 Å². The molecule has 45 heavy (non-hydrogen) atoms. The third-order valence-corrected chi connectivity index (χ3v) is 8.28. The molecule has 242 valence electrons. The number of ether oxygens (including phenoxy) is 1. The normalized spacial score (nSPS) is 13.2. The Morgan fingerprint density at radius 1 is 0.956 bits per heavy atom. The van der Waals surface area contributed by atoms with Gasteiger partial charge in [-0.2, -0.15) is 0 Å². The summed E-state index contributed by atoms with van der Waals surface area (Å²) in [5.41, 5.74) is 0.693. The van der Waals surface area contributed by atoms with Crippen molar-refractivity contribution in [3.63, 3.8) is 0 Å². The van der Waals surface area contributed by atoms with Gasteiger partial charge in [0.2, 0.25) is 17.7 Å². The van der Waals surface area contributed by atoms with E-state index in [0.29, 0.717) is 19.3 Å². The zero-order chi connectivity index (χ0) is 33.2. The molecule has 3 N–H and O–H groups in total. The Morgan fingerprint density at radius 2 is 1.62 bits per heavy atom. The molecular weight excluding hydrogens is 588 g/mol. The predicted octanol–water partition coefficient (Wildman–Crippen LogP) is 5.24. The number of carbonyl (C=O) groups excluding carboxylic acids is 4. The number of amides is 4. The van der Waals surface area contributed by atoms with E-state index in [0.717, 1.165) is 21.2 Å². The standard InChI is InChI=1S/C35H46N4O5S/c1-34(2,3)44-33(43)38-35(4,5)19-13-18-30(40)37-22-25(21-26-23-45-29-17-12-11-16-27(26)29)32(42)39(7)28(31(41)36-6)20-24-14-9-8-10-15-24/h8-18,23,25,28H,19-22H2,1-7H3,(H,36,41)(H,37,40)(H,38,43)/t25-,28?/m1/s1.